The predicted octanol–water partition coefficient (Wildman–Crippen LogP) is 8.48. The van der Waals surface area contributed by atoms with Gasteiger partial charge in [-0.05, 0) is 36.5 Å². The molecule has 23 heavy (non-hydrogen) atoms. The van der Waals surface area contributed by atoms with Crippen molar-refractivity contribution in [2.75, 3.05) is 0 Å². The van der Waals surface area contributed by atoms with Crippen LogP contribution in [0.5, 0.6) is 0 Å². The molecule has 0 nitrogen and oxygen atoms in total. The van der Waals surface area contributed by atoms with Crippen molar-refractivity contribution >= 4 is 17.0 Å². The van der Waals surface area contributed by atoms with Crippen LogP contribution < -0.4 is 0 Å². The molecule has 0 saturated heterocycles. The van der Waals surface area contributed by atoms with E-state index in [0.29, 0.717) is 0 Å². The third-order valence-corrected chi connectivity index (χ3v) is 5.65. The van der Waals surface area contributed by atoms with Crippen molar-refractivity contribution in [1.29, 1.82) is 0 Å². The van der Waals surface area contributed by atoms with Crippen LogP contribution in [0, 0.1) is 38.5 Å². The second kappa shape index (κ2) is 16.9. The number of rotatable bonds is 2. The maximum absolute atomic E-state index is 4.93. The van der Waals surface area contributed by atoms with Crippen molar-refractivity contribution < 1.29 is 20.8 Å². The Morgan fingerprint density at radius 3 is 1.61 bits per heavy atom. The molecule has 0 aromatic heterocycles. The van der Waals surface area contributed by atoms with Crippen LogP contribution in [-0.4, -0.2) is 0 Å². The molecule has 0 heterocycles. The molecule has 0 aliphatic heterocycles. The van der Waals surface area contributed by atoms with Gasteiger partial charge in [0, 0.05) is 0 Å². The molecule has 2 unspecified atom stereocenters. The molecule has 0 bridgehead atoms. The van der Waals surface area contributed by atoms with Crippen molar-refractivity contribution in [3.8, 4) is 0 Å². The van der Waals surface area contributed by atoms with Gasteiger partial charge in [-0.15, -0.1) is 0 Å². The summed E-state index contributed by atoms with van der Waals surface area (Å²) in [6, 6.07) is 0. The van der Waals surface area contributed by atoms with E-state index in [4.69, 9.17) is 17.0 Å². The Morgan fingerprint density at radius 2 is 1.22 bits per heavy atom. The second-order valence-electron chi connectivity index (χ2n) is 7.39. The molecule has 0 aromatic carbocycles. The minimum absolute atomic E-state index is 0. The Balaban J connectivity index is 0. The SMILES string of the molecule is CC1CC2CCCCC2C1.CCCC1CCCC1.[CH3-].[CH3-].[Cl][Zr+2][Cl]. The molecule has 2 atom stereocenters. The molecule has 3 rings (SSSR count). The van der Waals surface area contributed by atoms with Gasteiger partial charge < -0.3 is 14.9 Å². The van der Waals surface area contributed by atoms with Crippen LogP contribution in [0.1, 0.15) is 90.9 Å². The van der Waals surface area contributed by atoms with Crippen molar-refractivity contribution in [1.82, 2.24) is 0 Å². The Kier molecular flexibility index (Phi) is 19.6. The fourth-order valence-electron chi connectivity index (χ4n) is 4.74. The van der Waals surface area contributed by atoms with Crippen LogP contribution >= 0.6 is 17.0 Å². The first-order valence-corrected chi connectivity index (χ1v) is 15.5. The normalized spacial score (nSPS) is 28.6. The number of fused-ring (bicyclic) bond motifs is 1. The molecule has 3 fully saturated rings. The van der Waals surface area contributed by atoms with E-state index in [1.54, 1.807) is 25.7 Å². The van der Waals surface area contributed by atoms with Crippen LogP contribution in [-0.2, 0) is 20.8 Å². The van der Waals surface area contributed by atoms with Gasteiger partial charge in [0.25, 0.3) is 0 Å². The predicted molar refractivity (Wildman–Crippen MR) is 105 cm³/mol. The molecular formula is C20H40Cl2Zr. The van der Waals surface area contributed by atoms with Crippen LogP contribution in [0.3, 0.4) is 0 Å². The molecule has 0 spiro atoms. The molecule has 3 aliphatic carbocycles. The zero-order chi connectivity index (χ0) is 15.5. The van der Waals surface area contributed by atoms with E-state index >= 15 is 0 Å². The van der Waals surface area contributed by atoms with Gasteiger partial charge in [0.2, 0.25) is 0 Å². The zero-order valence-corrected chi connectivity index (χ0v) is 20.0. The first-order valence-electron chi connectivity index (χ1n) is 9.17. The molecular weight excluding hydrogens is 402 g/mol. The summed E-state index contributed by atoms with van der Waals surface area (Å²) in [5.74, 6) is 4.44. The summed E-state index contributed by atoms with van der Waals surface area (Å²) >= 11 is -0.826. The standard InChI is InChI=1S/C10H18.C8H16.2CH3.2ClH.Zr/c1-8-6-9-4-2-3-5-10(9)7-8;1-2-5-8-6-3-4-7-8;;;;;/h8-10H,2-7H2,1H3;8H,2-7H2,1H3;2*1H3;2*1H;/q;;2*-1;;;+4/p-2. The third kappa shape index (κ3) is 11.6. The van der Waals surface area contributed by atoms with E-state index < -0.39 is 20.8 Å². The van der Waals surface area contributed by atoms with Crippen LogP contribution in [0.4, 0.5) is 0 Å². The van der Waals surface area contributed by atoms with Gasteiger partial charge in [0.1, 0.15) is 0 Å². The average molecular weight is 443 g/mol. The third-order valence-electron chi connectivity index (χ3n) is 5.65. The van der Waals surface area contributed by atoms with Crippen LogP contribution in [0.15, 0.2) is 0 Å². The summed E-state index contributed by atoms with van der Waals surface area (Å²) in [6.07, 6.45) is 18.2. The summed E-state index contributed by atoms with van der Waals surface area (Å²) in [4.78, 5) is 0. The van der Waals surface area contributed by atoms with E-state index in [0.717, 1.165) is 23.7 Å². The van der Waals surface area contributed by atoms with Crippen molar-refractivity contribution in [3.05, 3.63) is 14.9 Å². The monoisotopic (exact) mass is 440 g/mol. The van der Waals surface area contributed by atoms with Crippen molar-refractivity contribution in [2.45, 2.75) is 90.9 Å². The average Bonchev–Trinajstić information content (AvgIpc) is 3.08. The van der Waals surface area contributed by atoms with Gasteiger partial charge in [-0.25, -0.2) is 0 Å². The van der Waals surface area contributed by atoms with Gasteiger partial charge in [-0.2, -0.15) is 0 Å². The summed E-state index contributed by atoms with van der Waals surface area (Å²) in [5.41, 5.74) is 0. The van der Waals surface area contributed by atoms with Crippen LogP contribution in [0.25, 0.3) is 0 Å². The first kappa shape index (κ1) is 26.7. The Hall–Kier alpha value is 1.46. The van der Waals surface area contributed by atoms with Crippen molar-refractivity contribution in [3.63, 3.8) is 0 Å². The summed E-state index contributed by atoms with van der Waals surface area (Å²) in [6.45, 7) is 4.72. The topological polar surface area (TPSA) is 0 Å². The van der Waals surface area contributed by atoms with Gasteiger partial charge >= 0.3 is 37.9 Å². The first-order chi connectivity index (χ1) is 10.2. The quantitative estimate of drug-likeness (QED) is 0.376. The number of hydrogen-bond donors (Lipinski definition) is 0. The number of hydrogen-bond acceptors (Lipinski definition) is 0. The summed E-state index contributed by atoms with van der Waals surface area (Å²) in [7, 11) is 9.87. The van der Waals surface area contributed by atoms with E-state index in [9.17, 15) is 0 Å². The molecule has 0 amide bonds. The molecule has 0 radical (unpaired) electrons. The van der Waals surface area contributed by atoms with E-state index in [1.165, 1.54) is 51.4 Å². The molecule has 3 aliphatic rings. The zero-order valence-electron chi connectivity index (χ0n) is 16.1. The molecule has 0 N–H and O–H groups in total. The Labute approximate surface area is 166 Å². The van der Waals surface area contributed by atoms with Gasteiger partial charge in [0.05, 0.1) is 0 Å². The second-order valence-corrected chi connectivity index (χ2v) is 11.1. The van der Waals surface area contributed by atoms with E-state index in [1.807, 2.05) is 0 Å². The fraction of sp³-hybridized carbons (Fsp3) is 0.900. The fourth-order valence-corrected chi connectivity index (χ4v) is 4.74. The number of halogens is 2. The molecule has 3 saturated carbocycles. The summed E-state index contributed by atoms with van der Waals surface area (Å²) < 4.78 is 0. The van der Waals surface area contributed by atoms with Gasteiger partial charge in [-0.1, -0.05) is 78.1 Å². The van der Waals surface area contributed by atoms with Crippen molar-refractivity contribution in [2.24, 2.45) is 23.7 Å². The molecule has 3 heteroatoms. The minimum atomic E-state index is -0.826. The molecule has 0 aromatic rings. The van der Waals surface area contributed by atoms with Crippen LogP contribution in [0.2, 0.25) is 0 Å². The van der Waals surface area contributed by atoms with Gasteiger partial charge in [0.15, 0.2) is 0 Å². The summed E-state index contributed by atoms with van der Waals surface area (Å²) in [5, 5.41) is 0. The maximum atomic E-state index is 4.93. The Bertz CT molecular complexity index is 228. The van der Waals surface area contributed by atoms with E-state index in [2.05, 4.69) is 13.8 Å². The Morgan fingerprint density at radius 1 is 0.826 bits per heavy atom. The van der Waals surface area contributed by atoms with E-state index in [-0.39, 0.29) is 14.9 Å². The van der Waals surface area contributed by atoms with Gasteiger partial charge in [-0.3, -0.25) is 0 Å². The molecule has 138 valence electrons.